The zero-order valence-electron chi connectivity index (χ0n) is 22.0. The van der Waals surface area contributed by atoms with Crippen molar-refractivity contribution in [3.05, 3.63) is 35.9 Å². The van der Waals surface area contributed by atoms with Crippen LogP contribution in [0.4, 0.5) is 0 Å². The van der Waals surface area contributed by atoms with Crippen LogP contribution in [0, 0.1) is 11.8 Å². The molecule has 6 unspecified atom stereocenters. The Morgan fingerprint density at radius 1 is 1.14 bits per heavy atom. The van der Waals surface area contributed by atoms with Crippen LogP contribution < -0.4 is 0 Å². The summed E-state index contributed by atoms with van der Waals surface area (Å²) in [6.07, 6.45) is 6.75. The van der Waals surface area contributed by atoms with Crippen molar-refractivity contribution >= 4 is 17.6 Å². The number of carbonyl (C=O) groups excluding carboxylic acids is 3. The third-order valence-electron chi connectivity index (χ3n) is 8.97. The van der Waals surface area contributed by atoms with E-state index in [-0.39, 0.29) is 36.3 Å². The number of Topliss-reactive ketones (excluding diaryl/α,β-unsaturated/α-hetero) is 1. The lowest BCUT2D eigenvalue weighted by molar-refractivity contribution is -0.173. The molecule has 2 aliphatic heterocycles. The minimum Gasteiger partial charge on any atom is -0.381 e. The van der Waals surface area contributed by atoms with E-state index >= 15 is 0 Å². The van der Waals surface area contributed by atoms with Gasteiger partial charge in [-0.15, -0.1) is 0 Å². The highest BCUT2D eigenvalue weighted by Crippen LogP contribution is 2.41. The topological polar surface area (TPSA) is 87.1 Å². The molecule has 198 valence electrons. The molecule has 0 spiro atoms. The first-order chi connectivity index (χ1) is 17.3. The molecule has 2 saturated heterocycles. The molecule has 2 heterocycles. The average molecular weight is 499 g/mol. The number of ketones is 1. The molecule has 1 saturated carbocycles. The van der Waals surface area contributed by atoms with Crippen LogP contribution in [0.25, 0.3) is 0 Å². The second-order valence-corrected chi connectivity index (χ2v) is 11.2. The Morgan fingerprint density at radius 3 is 2.61 bits per heavy atom. The number of aryl methyl sites for hydroxylation is 1. The summed E-state index contributed by atoms with van der Waals surface area (Å²) in [5.74, 6) is -1.77. The van der Waals surface area contributed by atoms with E-state index in [2.05, 4.69) is 12.1 Å². The summed E-state index contributed by atoms with van der Waals surface area (Å²) in [4.78, 5) is 43.9. The molecule has 1 N–H and O–H groups in total. The maximum atomic E-state index is 13.6. The Hall–Kier alpha value is -2.25. The summed E-state index contributed by atoms with van der Waals surface area (Å²) < 4.78 is 5.46. The van der Waals surface area contributed by atoms with Gasteiger partial charge in [-0.1, -0.05) is 37.3 Å². The molecule has 3 aliphatic rings. The first-order valence-corrected chi connectivity index (χ1v) is 13.7. The van der Waals surface area contributed by atoms with E-state index in [9.17, 15) is 19.5 Å². The van der Waals surface area contributed by atoms with Crippen molar-refractivity contribution < 1.29 is 24.2 Å². The van der Waals surface area contributed by atoms with Crippen LogP contribution in [0.2, 0.25) is 0 Å². The lowest BCUT2D eigenvalue weighted by atomic mass is 9.68. The lowest BCUT2D eigenvalue weighted by Gasteiger charge is -2.50. The second-order valence-electron chi connectivity index (χ2n) is 11.2. The zero-order chi connectivity index (χ0) is 25.9. The maximum absolute atomic E-state index is 13.6. The molecular weight excluding hydrogens is 456 g/mol. The second kappa shape index (κ2) is 11.4. The van der Waals surface area contributed by atoms with E-state index in [0.717, 1.165) is 38.5 Å². The molecule has 1 aromatic rings. The van der Waals surface area contributed by atoms with Gasteiger partial charge in [-0.3, -0.25) is 14.4 Å². The highest BCUT2D eigenvalue weighted by molar-refractivity contribution is 6.39. The molecule has 1 aromatic carbocycles. The van der Waals surface area contributed by atoms with Crippen molar-refractivity contribution in [3.63, 3.8) is 0 Å². The number of fused-ring (bicyclic) bond motifs is 2. The van der Waals surface area contributed by atoms with Gasteiger partial charge in [-0.25, -0.2) is 0 Å². The number of ether oxygens (including phenoxy) is 1. The minimum absolute atomic E-state index is 0.0156. The summed E-state index contributed by atoms with van der Waals surface area (Å²) in [6, 6.07) is 9.58. The third kappa shape index (κ3) is 5.37. The highest BCUT2D eigenvalue weighted by Gasteiger charge is 2.54. The normalized spacial score (nSPS) is 31.3. The van der Waals surface area contributed by atoms with Crippen molar-refractivity contribution in [1.82, 2.24) is 9.80 Å². The van der Waals surface area contributed by atoms with E-state index in [4.69, 9.17) is 4.74 Å². The van der Waals surface area contributed by atoms with E-state index < -0.39 is 23.3 Å². The largest absolute Gasteiger partial charge is 0.381 e. The number of rotatable bonds is 9. The van der Waals surface area contributed by atoms with Gasteiger partial charge < -0.3 is 19.6 Å². The summed E-state index contributed by atoms with van der Waals surface area (Å²) in [6.45, 7) is 4.93. The van der Waals surface area contributed by atoms with Gasteiger partial charge in [0.15, 0.2) is 0 Å². The quantitative estimate of drug-likeness (QED) is 0.417. The third-order valence-corrected chi connectivity index (χ3v) is 8.97. The number of hydrogen-bond donors (Lipinski definition) is 1. The van der Waals surface area contributed by atoms with E-state index in [0.29, 0.717) is 25.9 Å². The zero-order valence-corrected chi connectivity index (χ0v) is 22.0. The number of nitrogens with zero attached hydrogens (tertiary/aromatic N) is 2. The van der Waals surface area contributed by atoms with Crippen molar-refractivity contribution in [2.75, 3.05) is 20.2 Å². The molecule has 7 heteroatoms. The van der Waals surface area contributed by atoms with Crippen LogP contribution >= 0.6 is 0 Å². The molecule has 7 nitrogen and oxygen atoms in total. The van der Waals surface area contributed by atoms with Gasteiger partial charge in [0.1, 0.15) is 11.6 Å². The number of carbonyl (C=O) groups is 3. The fourth-order valence-corrected chi connectivity index (χ4v) is 6.46. The Kier molecular flexibility index (Phi) is 8.51. The number of likely N-dealkylation sites (tertiary alicyclic amines) is 1. The number of benzene rings is 1. The minimum atomic E-state index is -1.71. The lowest BCUT2D eigenvalue weighted by Crippen LogP contribution is -2.68. The highest BCUT2D eigenvalue weighted by atomic mass is 16.5. The molecule has 0 aromatic heterocycles. The Bertz CT molecular complexity index is 937. The van der Waals surface area contributed by atoms with Crippen molar-refractivity contribution in [1.29, 1.82) is 0 Å². The van der Waals surface area contributed by atoms with Gasteiger partial charge in [0, 0.05) is 20.2 Å². The molecule has 36 heavy (non-hydrogen) atoms. The summed E-state index contributed by atoms with van der Waals surface area (Å²) in [7, 11) is 1.63. The first kappa shape index (κ1) is 26.8. The average Bonchev–Trinajstić information content (AvgIpc) is 2.90. The first-order valence-electron chi connectivity index (χ1n) is 13.7. The Labute approximate surface area is 215 Å². The molecule has 0 radical (unpaired) electrons. The SMILES string of the molecule is COC(C)C1CCC(C)C(O)(C(=O)C(=O)N2C3CCCC2C(=O)N(CCCCc2ccccc2)C3)C1. The number of methoxy groups -OCH3 is 1. The van der Waals surface area contributed by atoms with Crippen LogP contribution in [0.5, 0.6) is 0 Å². The van der Waals surface area contributed by atoms with Crippen molar-refractivity contribution in [3.8, 4) is 0 Å². The predicted octanol–water partition coefficient (Wildman–Crippen LogP) is 3.37. The standard InChI is InChI=1S/C29H42N2O5/c1-20-15-16-23(21(2)36-3)18-29(20,35)26(32)28(34)31-24-13-9-14-25(31)27(33)30(19-24)17-8-7-12-22-10-5-4-6-11-22/h4-6,10-11,20-21,23-25,35H,7-9,12-19H2,1-3H3. The molecule has 2 bridgehead atoms. The number of piperazine rings is 1. The van der Waals surface area contributed by atoms with Gasteiger partial charge in [0.25, 0.3) is 11.7 Å². The number of hydrogen-bond acceptors (Lipinski definition) is 5. The number of unbranched alkanes of at least 4 members (excludes halogenated alkanes) is 1. The van der Waals surface area contributed by atoms with Crippen LogP contribution in [0.15, 0.2) is 30.3 Å². The van der Waals surface area contributed by atoms with Gasteiger partial charge in [0.2, 0.25) is 5.91 Å². The smallest absolute Gasteiger partial charge is 0.294 e. The fraction of sp³-hybridized carbons (Fsp3) is 0.690. The summed E-state index contributed by atoms with van der Waals surface area (Å²) in [5.41, 5.74) is -0.412. The number of aliphatic hydroxyl groups is 1. The van der Waals surface area contributed by atoms with Crippen LogP contribution in [-0.2, 0) is 25.5 Å². The monoisotopic (exact) mass is 498 g/mol. The molecule has 4 rings (SSSR count). The molecule has 6 atom stereocenters. The van der Waals surface area contributed by atoms with Gasteiger partial charge in [-0.05, 0) is 82.1 Å². The van der Waals surface area contributed by atoms with Crippen LogP contribution in [0.3, 0.4) is 0 Å². The summed E-state index contributed by atoms with van der Waals surface area (Å²) in [5, 5.41) is 11.5. The van der Waals surface area contributed by atoms with E-state index in [1.807, 2.05) is 36.9 Å². The van der Waals surface area contributed by atoms with E-state index in [1.54, 1.807) is 7.11 Å². The number of amides is 2. The summed E-state index contributed by atoms with van der Waals surface area (Å²) >= 11 is 0. The Balaban J connectivity index is 1.40. The van der Waals surface area contributed by atoms with Gasteiger partial charge >= 0.3 is 0 Å². The van der Waals surface area contributed by atoms with Gasteiger partial charge in [0.05, 0.1) is 12.1 Å². The predicted molar refractivity (Wildman–Crippen MR) is 137 cm³/mol. The van der Waals surface area contributed by atoms with Crippen LogP contribution in [-0.4, -0.2) is 76.5 Å². The van der Waals surface area contributed by atoms with Crippen LogP contribution in [0.1, 0.15) is 70.8 Å². The van der Waals surface area contributed by atoms with Crippen molar-refractivity contribution in [2.24, 2.45) is 11.8 Å². The van der Waals surface area contributed by atoms with E-state index in [1.165, 1.54) is 10.5 Å². The fourth-order valence-electron chi connectivity index (χ4n) is 6.46. The van der Waals surface area contributed by atoms with Gasteiger partial charge in [-0.2, -0.15) is 0 Å². The molecule has 2 amide bonds. The maximum Gasteiger partial charge on any atom is 0.294 e. The Morgan fingerprint density at radius 2 is 1.89 bits per heavy atom. The molecule has 1 aliphatic carbocycles. The molecule has 3 fully saturated rings. The molecular formula is C29H42N2O5. The van der Waals surface area contributed by atoms with Crippen molar-refractivity contribution in [2.45, 2.75) is 95.4 Å². The number of piperidine rings is 1.